The molecule has 2 aromatic carbocycles. The van der Waals surface area contributed by atoms with E-state index in [9.17, 15) is 24.3 Å². The molecule has 4 N–H and O–H groups in total. The van der Waals surface area contributed by atoms with E-state index in [0.717, 1.165) is 12.8 Å². The van der Waals surface area contributed by atoms with Gasteiger partial charge in [0.05, 0.1) is 23.3 Å². The number of benzene rings is 2. The second-order valence-electron chi connectivity index (χ2n) is 16.7. The number of hydrogen-bond acceptors (Lipinski definition) is 9. The Labute approximate surface area is 329 Å². The van der Waals surface area contributed by atoms with Crippen molar-refractivity contribution in [2.75, 3.05) is 33.4 Å². The lowest BCUT2D eigenvalue weighted by atomic mass is 9.49. The Balaban J connectivity index is 1.14. The third-order valence-corrected chi connectivity index (χ3v) is 10.8. The predicted molar refractivity (Wildman–Crippen MR) is 208 cm³/mol. The normalized spacial score (nSPS) is 21.7. The predicted octanol–water partition coefficient (Wildman–Crippen LogP) is 4.63. The molecule has 2 aliphatic rings. The quantitative estimate of drug-likeness (QED) is 0.177. The van der Waals surface area contributed by atoms with E-state index in [4.69, 9.17) is 31.1 Å². The summed E-state index contributed by atoms with van der Waals surface area (Å²) >= 11 is 6.21. The van der Waals surface area contributed by atoms with Gasteiger partial charge in [0, 0.05) is 55.1 Å². The maximum absolute atomic E-state index is 13.4. The van der Waals surface area contributed by atoms with E-state index in [0.29, 0.717) is 47.3 Å². The number of halogens is 1. The number of carbonyl (C=O) groups excluding carboxylic acids is 4. The second-order valence-corrected chi connectivity index (χ2v) is 17.1. The average Bonchev–Trinajstić information content (AvgIpc) is 3.53. The SMILES string of the molecule is CNC(=O)[C@@H]1C[C@@H](O)CN1C(=O)[C@@H](NC(=O)COCCCCCOc1ccc(C(=O)NC2C(C)(C)C(Oc3ccc(C#N)c(Cl)c3)C2(C)C)cc1)C(C)(C)C. The van der Waals surface area contributed by atoms with Gasteiger partial charge in [0.1, 0.15) is 42.4 Å². The number of rotatable bonds is 16. The van der Waals surface area contributed by atoms with Crippen LogP contribution in [0.1, 0.15) is 90.1 Å². The lowest BCUT2D eigenvalue weighted by molar-refractivity contribution is -0.164. The van der Waals surface area contributed by atoms with Gasteiger partial charge >= 0.3 is 0 Å². The van der Waals surface area contributed by atoms with E-state index in [2.05, 4.69) is 49.7 Å². The van der Waals surface area contributed by atoms with Crippen LogP contribution >= 0.6 is 11.6 Å². The van der Waals surface area contributed by atoms with Gasteiger partial charge in [0.25, 0.3) is 5.91 Å². The summed E-state index contributed by atoms with van der Waals surface area (Å²) in [6, 6.07) is 12.2. The summed E-state index contributed by atoms with van der Waals surface area (Å²) < 4.78 is 17.8. The van der Waals surface area contributed by atoms with Crippen molar-refractivity contribution in [3.05, 3.63) is 58.6 Å². The summed E-state index contributed by atoms with van der Waals surface area (Å²) in [6.07, 6.45) is 1.40. The summed E-state index contributed by atoms with van der Waals surface area (Å²) in [4.78, 5) is 53.1. The molecule has 13 nitrogen and oxygen atoms in total. The number of carbonyl (C=O) groups is 4. The van der Waals surface area contributed by atoms with Gasteiger partial charge in [-0.1, -0.05) is 60.1 Å². The average molecular weight is 782 g/mol. The summed E-state index contributed by atoms with van der Waals surface area (Å²) in [6.45, 7) is 14.3. The van der Waals surface area contributed by atoms with Crippen LogP contribution in [-0.2, 0) is 19.1 Å². The number of nitrogens with one attached hydrogen (secondary N) is 3. The first-order valence-electron chi connectivity index (χ1n) is 18.8. The first kappa shape index (κ1) is 43.3. The van der Waals surface area contributed by atoms with E-state index in [1.165, 1.54) is 11.9 Å². The molecule has 4 amide bonds. The Hall–Kier alpha value is -4.38. The molecule has 1 saturated carbocycles. The molecule has 0 aromatic heterocycles. The monoisotopic (exact) mass is 781 g/mol. The van der Waals surface area contributed by atoms with Crippen LogP contribution in [0.3, 0.4) is 0 Å². The molecule has 0 spiro atoms. The maximum atomic E-state index is 13.4. The number of aliphatic hydroxyl groups is 1. The van der Waals surface area contributed by atoms with Crippen LogP contribution in [0.5, 0.6) is 11.5 Å². The molecule has 4 rings (SSSR count). The van der Waals surface area contributed by atoms with Crippen LogP contribution in [0.4, 0.5) is 0 Å². The summed E-state index contributed by atoms with van der Waals surface area (Å²) in [7, 11) is 1.48. The molecule has 2 aromatic rings. The van der Waals surface area contributed by atoms with Gasteiger partial charge in [0.2, 0.25) is 17.7 Å². The Morgan fingerprint density at radius 1 is 1.00 bits per heavy atom. The molecule has 0 radical (unpaired) electrons. The zero-order valence-corrected chi connectivity index (χ0v) is 33.9. The first-order chi connectivity index (χ1) is 25.8. The van der Waals surface area contributed by atoms with Crippen molar-refractivity contribution in [2.45, 2.75) is 104 Å². The number of hydrogen-bond donors (Lipinski definition) is 4. The number of β-amino-alcohol motifs (C(OH)–C–C–N with tert-alkyl or cyclic N) is 1. The van der Waals surface area contributed by atoms with Crippen molar-refractivity contribution in [2.24, 2.45) is 16.2 Å². The highest BCUT2D eigenvalue weighted by molar-refractivity contribution is 6.31. The molecule has 2 fully saturated rings. The highest BCUT2D eigenvalue weighted by atomic mass is 35.5. The molecule has 300 valence electrons. The first-order valence-corrected chi connectivity index (χ1v) is 19.2. The number of likely N-dealkylation sites (N-methyl/N-ethyl adjacent to an activating group) is 1. The van der Waals surface area contributed by atoms with Gasteiger partial charge in [-0.3, -0.25) is 19.2 Å². The molecule has 1 saturated heterocycles. The van der Waals surface area contributed by atoms with Crippen LogP contribution in [-0.4, -0.2) is 97.4 Å². The zero-order chi connectivity index (χ0) is 40.7. The van der Waals surface area contributed by atoms with Crippen LogP contribution in [0, 0.1) is 27.6 Å². The number of aliphatic hydroxyl groups excluding tert-OH is 1. The Bertz CT molecular complexity index is 1720. The molecular formula is C41H56ClN5O8. The second kappa shape index (κ2) is 18.0. The van der Waals surface area contributed by atoms with Gasteiger partial charge in [-0.2, -0.15) is 5.26 Å². The van der Waals surface area contributed by atoms with Gasteiger partial charge in [-0.25, -0.2) is 0 Å². The topological polar surface area (TPSA) is 179 Å². The lowest BCUT2D eigenvalue weighted by Crippen LogP contribution is -2.74. The fourth-order valence-corrected chi connectivity index (χ4v) is 8.05. The number of likely N-dealkylation sites (tertiary alicyclic amines) is 1. The van der Waals surface area contributed by atoms with E-state index < -0.39 is 35.4 Å². The molecule has 3 atom stereocenters. The van der Waals surface area contributed by atoms with Crippen molar-refractivity contribution >= 4 is 35.2 Å². The van der Waals surface area contributed by atoms with Crippen molar-refractivity contribution in [1.29, 1.82) is 5.26 Å². The Morgan fingerprint density at radius 2 is 1.64 bits per heavy atom. The molecule has 1 heterocycles. The minimum atomic E-state index is -0.903. The Kier molecular flexibility index (Phi) is 14.2. The van der Waals surface area contributed by atoms with E-state index in [1.807, 2.05) is 20.8 Å². The van der Waals surface area contributed by atoms with Gasteiger partial charge in [-0.15, -0.1) is 0 Å². The fourth-order valence-electron chi connectivity index (χ4n) is 7.84. The summed E-state index contributed by atoms with van der Waals surface area (Å²) in [5.74, 6) is -0.174. The maximum Gasteiger partial charge on any atom is 0.251 e. The van der Waals surface area contributed by atoms with E-state index in [-0.39, 0.29) is 54.4 Å². The van der Waals surface area contributed by atoms with Crippen molar-refractivity contribution < 1.29 is 38.5 Å². The van der Waals surface area contributed by atoms with Crippen molar-refractivity contribution in [3.8, 4) is 17.6 Å². The Morgan fingerprint density at radius 3 is 2.24 bits per heavy atom. The third kappa shape index (κ3) is 10.5. The molecule has 1 aliphatic carbocycles. The van der Waals surface area contributed by atoms with E-state index in [1.54, 1.807) is 42.5 Å². The number of amides is 4. The third-order valence-electron chi connectivity index (χ3n) is 10.5. The molecule has 14 heteroatoms. The number of unbranched alkanes of at least 4 members (excludes halogenated alkanes) is 2. The van der Waals surface area contributed by atoms with Gasteiger partial charge in [-0.05, 0) is 61.1 Å². The summed E-state index contributed by atoms with van der Waals surface area (Å²) in [5.41, 5.74) is -0.501. The van der Waals surface area contributed by atoms with Gasteiger partial charge in [0.15, 0.2) is 0 Å². The summed E-state index contributed by atoms with van der Waals surface area (Å²) in [5, 5.41) is 28.1. The highest BCUT2D eigenvalue weighted by Crippen LogP contribution is 2.55. The highest BCUT2D eigenvalue weighted by Gasteiger charge is 2.64. The number of nitrogens with zero attached hydrogens (tertiary/aromatic N) is 2. The van der Waals surface area contributed by atoms with Crippen LogP contribution in [0.25, 0.3) is 0 Å². The molecule has 0 bridgehead atoms. The van der Waals surface area contributed by atoms with Crippen molar-refractivity contribution in [3.63, 3.8) is 0 Å². The zero-order valence-electron chi connectivity index (χ0n) is 33.2. The van der Waals surface area contributed by atoms with Crippen LogP contribution in [0.2, 0.25) is 5.02 Å². The molecule has 0 unspecified atom stereocenters. The molecule has 1 aliphatic heterocycles. The largest absolute Gasteiger partial charge is 0.494 e. The number of nitriles is 1. The van der Waals surface area contributed by atoms with Crippen LogP contribution < -0.4 is 25.4 Å². The molecule has 55 heavy (non-hydrogen) atoms. The minimum Gasteiger partial charge on any atom is -0.494 e. The van der Waals surface area contributed by atoms with Crippen molar-refractivity contribution in [1.82, 2.24) is 20.9 Å². The fraction of sp³-hybridized carbons (Fsp3) is 0.585. The number of ether oxygens (including phenoxy) is 3. The van der Waals surface area contributed by atoms with Crippen LogP contribution in [0.15, 0.2) is 42.5 Å². The van der Waals surface area contributed by atoms with Gasteiger partial charge < -0.3 is 40.2 Å². The van der Waals surface area contributed by atoms with E-state index >= 15 is 0 Å². The smallest absolute Gasteiger partial charge is 0.251 e. The lowest BCUT2D eigenvalue weighted by Gasteiger charge is -2.63. The molecular weight excluding hydrogens is 726 g/mol. The standard InChI is InChI=1S/C41H56ClN5O8/c1-39(2,3)33(36(52)47-23-27(48)20-31(47)35(51)44-8)45-32(49)24-53-18-10-9-11-19-54-28-15-12-25(13-16-28)34(50)46-37-40(4,5)38(41(37,6)7)55-29-17-14-26(22-43)30(42)21-29/h12-17,21,27,31,33,37-38,48H,9-11,18-20,23-24H2,1-8H3,(H,44,51)(H,45,49)(H,46,50)/t27-,31+,33-,37?,38?/m1/s1. The minimum absolute atomic E-state index is 0.0258.